The Bertz CT molecular complexity index is 421. The molecule has 0 saturated heterocycles. The predicted molar refractivity (Wildman–Crippen MR) is 55.8 cm³/mol. The highest BCUT2D eigenvalue weighted by Gasteiger charge is 2.17. The number of rotatable bonds is 3. The van der Waals surface area contributed by atoms with Crippen LogP contribution in [-0.4, -0.2) is 10.3 Å². The molecule has 1 rings (SSSR count). The van der Waals surface area contributed by atoms with Crippen molar-refractivity contribution < 1.29 is 13.7 Å². The van der Waals surface area contributed by atoms with Crippen molar-refractivity contribution in [1.29, 1.82) is 0 Å². The van der Waals surface area contributed by atoms with Gasteiger partial charge in [0.1, 0.15) is 5.82 Å². The molecule has 0 amide bonds. The highest BCUT2D eigenvalue weighted by atomic mass is 79.9. The Morgan fingerprint density at radius 3 is 2.60 bits per heavy atom. The molecule has 80 valence electrons. The molecule has 0 aromatic heterocycles. The summed E-state index contributed by atoms with van der Waals surface area (Å²) in [6.45, 7) is 0. The standard InChI is InChI=1S/C9H6BrF2NO2/c10-3-1-2-6-4-8(12)9(13(14)15)5-7(6)11/h1-2,4-5H,3H2. The normalized spacial score (nSPS) is 10.9. The number of hydrogen-bond acceptors (Lipinski definition) is 2. The van der Waals surface area contributed by atoms with E-state index in [1.165, 1.54) is 6.08 Å². The van der Waals surface area contributed by atoms with Crippen LogP contribution in [0.5, 0.6) is 0 Å². The van der Waals surface area contributed by atoms with Crippen molar-refractivity contribution in [2.75, 3.05) is 5.33 Å². The zero-order valence-electron chi connectivity index (χ0n) is 7.41. The Kier molecular flexibility index (Phi) is 3.90. The van der Waals surface area contributed by atoms with E-state index in [-0.39, 0.29) is 5.56 Å². The first-order valence-corrected chi connectivity index (χ1v) is 5.04. The van der Waals surface area contributed by atoms with E-state index in [0.29, 0.717) is 11.4 Å². The molecule has 1 aromatic carbocycles. The lowest BCUT2D eigenvalue weighted by Crippen LogP contribution is -1.95. The molecule has 6 heteroatoms. The van der Waals surface area contributed by atoms with Gasteiger partial charge in [-0.1, -0.05) is 28.1 Å². The summed E-state index contributed by atoms with van der Waals surface area (Å²) in [5, 5.41) is 10.8. The molecule has 0 atom stereocenters. The molecule has 0 heterocycles. The highest BCUT2D eigenvalue weighted by molar-refractivity contribution is 9.09. The molecule has 0 aliphatic heterocycles. The van der Waals surface area contributed by atoms with Gasteiger partial charge < -0.3 is 0 Å². The molecule has 0 aliphatic carbocycles. The molecule has 1 aromatic rings. The SMILES string of the molecule is O=[N+]([O-])c1cc(F)c(C=CCBr)cc1F. The van der Waals surface area contributed by atoms with Gasteiger partial charge in [0, 0.05) is 10.9 Å². The van der Waals surface area contributed by atoms with Crippen LogP contribution in [0.15, 0.2) is 18.2 Å². The minimum absolute atomic E-state index is 0.0162. The van der Waals surface area contributed by atoms with Crippen LogP contribution in [0.2, 0.25) is 0 Å². The lowest BCUT2D eigenvalue weighted by atomic mass is 10.1. The first-order valence-electron chi connectivity index (χ1n) is 3.92. The monoisotopic (exact) mass is 277 g/mol. The molecule has 0 fully saturated rings. The zero-order valence-corrected chi connectivity index (χ0v) is 9.00. The number of hydrogen-bond donors (Lipinski definition) is 0. The molecule has 0 N–H and O–H groups in total. The van der Waals surface area contributed by atoms with E-state index in [0.717, 1.165) is 6.07 Å². The maximum Gasteiger partial charge on any atom is 0.307 e. The third kappa shape index (κ3) is 2.82. The van der Waals surface area contributed by atoms with E-state index in [2.05, 4.69) is 15.9 Å². The molecule has 0 aliphatic rings. The van der Waals surface area contributed by atoms with Crippen LogP contribution in [0.1, 0.15) is 5.56 Å². The van der Waals surface area contributed by atoms with E-state index in [1.807, 2.05) is 0 Å². The van der Waals surface area contributed by atoms with Gasteiger partial charge in [0.15, 0.2) is 0 Å². The van der Waals surface area contributed by atoms with E-state index in [1.54, 1.807) is 6.08 Å². The van der Waals surface area contributed by atoms with Gasteiger partial charge >= 0.3 is 5.69 Å². The van der Waals surface area contributed by atoms with Crippen molar-refractivity contribution in [1.82, 2.24) is 0 Å². The van der Waals surface area contributed by atoms with Crippen molar-refractivity contribution in [3.63, 3.8) is 0 Å². The molecule has 0 unspecified atom stereocenters. The van der Waals surface area contributed by atoms with Crippen LogP contribution in [-0.2, 0) is 0 Å². The third-order valence-electron chi connectivity index (χ3n) is 1.65. The summed E-state index contributed by atoms with van der Waals surface area (Å²) in [5.41, 5.74) is -0.874. The average Bonchev–Trinajstić information content (AvgIpc) is 2.18. The number of nitro groups is 1. The summed E-state index contributed by atoms with van der Waals surface area (Å²) in [7, 11) is 0. The quantitative estimate of drug-likeness (QED) is 0.483. The number of halogens is 3. The van der Waals surface area contributed by atoms with Crippen LogP contribution in [0.4, 0.5) is 14.5 Å². The van der Waals surface area contributed by atoms with Crippen molar-refractivity contribution >= 4 is 27.7 Å². The first-order chi connectivity index (χ1) is 7.06. The van der Waals surface area contributed by atoms with Crippen molar-refractivity contribution in [2.24, 2.45) is 0 Å². The predicted octanol–water partition coefficient (Wildman–Crippen LogP) is 3.28. The Morgan fingerprint density at radius 2 is 2.07 bits per heavy atom. The molecule has 0 spiro atoms. The van der Waals surface area contributed by atoms with Gasteiger partial charge in [0.25, 0.3) is 0 Å². The van der Waals surface area contributed by atoms with Crippen molar-refractivity contribution in [3.05, 3.63) is 45.5 Å². The summed E-state index contributed by atoms with van der Waals surface area (Å²) in [6, 6.07) is 1.37. The average molecular weight is 278 g/mol. The van der Waals surface area contributed by atoms with Gasteiger partial charge in [-0.2, -0.15) is 4.39 Å². The van der Waals surface area contributed by atoms with Gasteiger partial charge in [-0.05, 0) is 6.07 Å². The zero-order chi connectivity index (χ0) is 11.4. The number of allylic oxidation sites excluding steroid dienone is 1. The fraction of sp³-hybridized carbons (Fsp3) is 0.111. The van der Waals surface area contributed by atoms with E-state index < -0.39 is 22.2 Å². The lowest BCUT2D eigenvalue weighted by Gasteiger charge is -1.98. The van der Waals surface area contributed by atoms with Crippen LogP contribution in [0, 0.1) is 21.7 Å². The van der Waals surface area contributed by atoms with E-state index >= 15 is 0 Å². The second-order valence-electron chi connectivity index (χ2n) is 2.64. The number of nitro benzene ring substituents is 1. The fourth-order valence-corrected chi connectivity index (χ4v) is 1.18. The molecule has 3 nitrogen and oxygen atoms in total. The number of alkyl halides is 1. The second-order valence-corrected chi connectivity index (χ2v) is 3.29. The summed E-state index contributed by atoms with van der Waals surface area (Å²) in [6.07, 6.45) is 2.90. The summed E-state index contributed by atoms with van der Waals surface area (Å²) in [5.74, 6) is -1.86. The molecule has 0 radical (unpaired) electrons. The smallest absolute Gasteiger partial charge is 0.258 e. The molecule has 0 saturated carbocycles. The third-order valence-corrected chi connectivity index (χ3v) is 2.02. The number of nitrogens with zero attached hydrogens (tertiary/aromatic N) is 1. The van der Waals surface area contributed by atoms with Crippen molar-refractivity contribution in [3.8, 4) is 0 Å². The molecular weight excluding hydrogens is 272 g/mol. The Labute approximate surface area is 92.7 Å². The maximum atomic E-state index is 13.2. The topological polar surface area (TPSA) is 43.1 Å². The van der Waals surface area contributed by atoms with Gasteiger partial charge in [0.2, 0.25) is 5.82 Å². The largest absolute Gasteiger partial charge is 0.307 e. The van der Waals surface area contributed by atoms with Gasteiger partial charge in [-0.15, -0.1) is 0 Å². The Morgan fingerprint density at radius 1 is 1.40 bits per heavy atom. The van der Waals surface area contributed by atoms with Crippen LogP contribution in [0.25, 0.3) is 6.08 Å². The molecular formula is C9H6BrF2NO2. The fourth-order valence-electron chi connectivity index (χ4n) is 0.991. The first kappa shape index (κ1) is 11.8. The Hall–Kier alpha value is -1.30. The van der Waals surface area contributed by atoms with E-state index in [9.17, 15) is 18.9 Å². The van der Waals surface area contributed by atoms with Crippen LogP contribution in [0.3, 0.4) is 0 Å². The minimum Gasteiger partial charge on any atom is -0.258 e. The summed E-state index contributed by atoms with van der Waals surface area (Å²) < 4.78 is 26.2. The van der Waals surface area contributed by atoms with Gasteiger partial charge in [-0.3, -0.25) is 10.1 Å². The number of benzene rings is 1. The van der Waals surface area contributed by atoms with Crippen LogP contribution < -0.4 is 0 Å². The van der Waals surface area contributed by atoms with Gasteiger partial charge in [0.05, 0.1) is 11.0 Å². The summed E-state index contributed by atoms with van der Waals surface area (Å²) in [4.78, 5) is 9.31. The lowest BCUT2D eigenvalue weighted by molar-refractivity contribution is -0.387. The molecule has 0 bridgehead atoms. The Balaban J connectivity index is 3.19. The maximum absolute atomic E-state index is 13.2. The van der Waals surface area contributed by atoms with Crippen molar-refractivity contribution in [2.45, 2.75) is 0 Å². The highest BCUT2D eigenvalue weighted by Crippen LogP contribution is 2.22. The second kappa shape index (κ2) is 4.97. The minimum atomic E-state index is -1.05. The van der Waals surface area contributed by atoms with E-state index in [4.69, 9.17) is 0 Å². The van der Waals surface area contributed by atoms with Crippen LogP contribution >= 0.6 is 15.9 Å². The van der Waals surface area contributed by atoms with Gasteiger partial charge in [-0.25, -0.2) is 4.39 Å². The summed E-state index contributed by atoms with van der Waals surface area (Å²) >= 11 is 3.08. The molecule has 15 heavy (non-hydrogen) atoms.